The lowest BCUT2D eigenvalue weighted by Crippen LogP contribution is -2.19. The molecule has 1 aliphatic heterocycles. The van der Waals surface area contributed by atoms with E-state index >= 15 is 0 Å². The van der Waals surface area contributed by atoms with Gasteiger partial charge in [0.1, 0.15) is 4.90 Å². The second-order valence-corrected chi connectivity index (χ2v) is 12.6. The summed E-state index contributed by atoms with van der Waals surface area (Å²) in [7, 11) is -4.06. The zero-order valence-corrected chi connectivity index (χ0v) is 25.1. The molecule has 186 valence electrons. The number of aryl methyl sites for hydroxylation is 1. The Morgan fingerprint density at radius 2 is 1.83 bits per heavy atom. The van der Waals surface area contributed by atoms with E-state index in [1.807, 2.05) is 53.8 Å². The van der Waals surface area contributed by atoms with Crippen LogP contribution in [0.15, 0.2) is 75.5 Å². The Kier molecular flexibility index (Phi) is 8.63. The molecule has 0 unspecified atom stereocenters. The van der Waals surface area contributed by atoms with Crippen molar-refractivity contribution < 1.29 is 22.1 Å². The Morgan fingerprint density at radius 1 is 1.08 bits per heavy atom. The van der Waals surface area contributed by atoms with Gasteiger partial charge in [-0.1, -0.05) is 23.8 Å². The van der Waals surface area contributed by atoms with Crippen molar-refractivity contribution in [2.75, 3.05) is 6.61 Å². The predicted molar refractivity (Wildman–Crippen MR) is 159 cm³/mol. The largest absolute Gasteiger partial charge is 0.490 e. The first-order valence-corrected chi connectivity index (χ1v) is 15.1. The molecule has 1 heterocycles. The number of halogens is 2. The molecule has 0 aliphatic carbocycles. The highest BCUT2D eigenvalue weighted by atomic mass is 127. The molecule has 3 aromatic carbocycles. The van der Waals surface area contributed by atoms with E-state index in [1.54, 1.807) is 37.3 Å². The average molecular weight is 746 g/mol. The van der Waals surface area contributed by atoms with Crippen LogP contribution in [0.2, 0.25) is 0 Å². The van der Waals surface area contributed by atoms with Gasteiger partial charge in [-0.2, -0.15) is 8.42 Å². The summed E-state index contributed by atoms with van der Waals surface area (Å²) in [6.07, 6.45) is 1.71. The van der Waals surface area contributed by atoms with Gasteiger partial charge in [0, 0.05) is 3.57 Å². The van der Waals surface area contributed by atoms with Gasteiger partial charge >= 0.3 is 10.1 Å². The van der Waals surface area contributed by atoms with Crippen LogP contribution in [0.4, 0.5) is 5.69 Å². The van der Waals surface area contributed by atoms with E-state index in [0.717, 1.165) is 14.8 Å². The highest BCUT2D eigenvalue weighted by Crippen LogP contribution is 2.38. The molecule has 11 heteroatoms. The van der Waals surface area contributed by atoms with Gasteiger partial charge < -0.3 is 14.2 Å². The van der Waals surface area contributed by atoms with Crippen LogP contribution in [0.1, 0.15) is 18.1 Å². The first kappa shape index (κ1) is 26.9. The Labute approximate surface area is 241 Å². The molecule has 0 aromatic heterocycles. The number of rotatable bonds is 7. The minimum Gasteiger partial charge on any atom is -0.490 e. The summed E-state index contributed by atoms with van der Waals surface area (Å²) in [5.74, 6) is 0.104. The topological polar surface area (TPSA) is 94.1 Å². The maximum atomic E-state index is 12.9. The van der Waals surface area contributed by atoms with Crippen LogP contribution in [-0.2, 0) is 14.9 Å². The lowest BCUT2D eigenvalue weighted by molar-refractivity contribution is -0.115. The van der Waals surface area contributed by atoms with E-state index in [9.17, 15) is 13.2 Å². The zero-order valence-electron chi connectivity index (χ0n) is 19.1. The lowest BCUT2D eigenvalue weighted by Gasteiger charge is -2.14. The van der Waals surface area contributed by atoms with E-state index in [2.05, 4.69) is 32.9 Å². The second-order valence-electron chi connectivity index (χ2n) is 7.58. The summed E-state index contributed by atoms with van der Waals surface area (Å²) in [5, 5.41) is 3.26. The maximum absolute atomic E-state index is 12.9. The summed E-state index contributed by atoms with van der Waals surface area (Å²) in [6, 6.07) is 17.5. The quantitative estimate of drug-likeness (QED) is 0.174. The van der Waals surface area contributed by atoms with Gasteiger partial charge in [0.05, 0.1) is 20.8 Å². The summed E-state index contributed by atoms with van der Waals surface area (Å²) in [6.45, 7) is 3.98. The van der Waals surface area contributed by atoms with E-state index in [1.165, 1.54) is 23.9 Å². The third-order valence-corrected chi connectivity index (χ3v) is 8.44. The number of hydrogen-bond acceptors (Lipinski definition) is 7. The summed E-state index contributed by atoms with van der Waals surface area (Å²) in [5.41, 5.74) is 2.35. The van der Waals surface area contributed by atoms with Crippen LogP contribution in [-0.4, -0.2) is 26.1 Å². The molecule has 3 aromatic rings. The lowest BCUT2D eigenvalue weighted by atomic mass is 10.2. The minimum atomic E-state index is -4.06. The van der Waals surface area contributed by atoms with Crippen LogP contribution >= 0.6 is 56.9 Å². The molecular formula is C25H20I2N2O5S2. The van der Waals surface area contributed by atoms with Gasteiger partial charge in [0.2, 0.25) is 0 Å². The van der Waals surface area contributed by atoms with Gasteiger partial charge in [-0.15, -0.1) is 0 Å². The highest BCUT2D eigenvalue weighted by molar-refractivity contribution is 14.1. The monoisotopic (exact) mass is 746 g/mol. The Morgan fingerprint density at radius 3 is 2.53 bits per heavy atom. The normalized spacial score (nSPS) is 15.8. The van der Waals surface area contributed by atoms with Crippen molar-refractivity contribution in [2.24, 2.45) is 4.99 Å². The Balaban J connectivity index is 1.63. The molecule has 0 bridgehead atoms. The number of ether oxygens (including phenoxy) is 1. The standard InChI is InChI=1S/C25H20I2N2O5S2/c1-3-33-21-12-16(11-20(27)23(21)34-36(31,32)19-9-7-15(2)8-10-19)13-22-24(30)29-25(35-22)28-18-6-4-5-17(26)14-18/h4-14H,3H2,1-2H3,(H,28,29,30)/b22-13+. The molecule has 4 rings (SSSR count). The number of amidine groups is 1. The van der Waals surface area contributed by atoms with Gasteiger partial charge in [-0.05, 0) is 125 Å². The molecule has 0 saturated carbocycles. The first-order valence-electron chi connectivity index (χ1n) is 10.7. The number of hydrogen-bond donors (Lipinski definition) is 1. The van der Waals surface area contributed by atoms with Gasteiger partial charge in [0.15, 0.2) is 16.7 Å². The van der Waals surface area contributed by atoms with Crippen molar-refractivity contribution in [3.8, 4) is 11.5 Å². The van der Waals surface area contributed by atoms with Crippen molar-refractivity contribution in [1.82, 2.24) is 5.32 Å². The number of amides is 1. The molecular weight excluding hydrogens is 726 g/mol. The number of thioether (sulfide) groups is 1. The van der Waals surface area contributed by atoms with Gasteiger partial charge in [-0.25, -0.2) is 4.99 Å². The van der Waals surface area contributed by atoms with Crippen LogP contribution in [0, 0.1) is 14.1 Å². The Bertz CT molecular complexity index is 1490. The number of aliphatic imine (C=N–C) groups is 1. The summed E-state index contributed by atoms with van der Waals surface area (Å²) < 4.78 is 38.5. The third kappa shape index (κ3) is 6.61. The van der Waals surface area contributed by atoms with Crippen molar-refractivity contribution in [1.29, 1.82) is 0 Å². The van der Waals surface area contributed by atoms with E-state index in [0.29, 0.717) is 25.8 Å². The minimum absolute atomic E-state index is 0.0523. The van der Waals surface area contributed by atoms with Crippen molar-refractivity contribution in [3.05, 3.63) is 83.8 Å². The number of benzene rings is 3. The molecule has 0 radical (unpaired) electrons. The van der Waals surface area contributed by atoms with Gasteiger partial charge in [0.25, 0.3) is 5.91 Å². The maximum Gasteiger partial charge on any atom is 0.339 e. The number of carbonyl (C=O) groups excluding carboxylic acids is 1. The van der Waals surface area contributed by atoms with Crippen LogP contribution in [0.25, 0.3) is 6.08 Å². The summed E-state index contributed by atoms with van der Waals surface area (Å²) in [4.78, 5) is 17.6. The van der Waals surface area contributed by atoms with Gasteiger partial charge in [-0.3, -0.25) is 4.79 Å². The Hall–Kier alpha value is -2.10. The predicted octanol–water partition coefficient (Wildman–Crippen LogP) is 6.26. The second kappa shape index (κ2) is 11.5. The molecule has 36 heavy (non-hydrogen) atoms. The number of nitrogens with one attached hydrogen (secondary N) is 1. The van der Waals surface area contributed by atoms with Crippen molar-refractivity contribution >= 4 is 89.9 Å². The zero-order chi connectivity index (χ0) is 25.9. The van der Waals surface area contributed by atoms with Crippen LogP contribution in [0.3, 0.4) is 0 Å². The van der Waals surface area contributed by atoms with Crippen molar-refractivity contribution in [2.45, 2.75) is 18.7 Å². The number of nitrogens with zero attached hydrogens (tertiary/aromatic N) is 1. The first-order chi connectivity index (χ1) is 17.1. The van der Waals surface area contributed by atoms with E-state index in [-0.39, 0.29) is 22.3 Å². The molecule has 7 nitrogen and oxygen atoms in total. The van der Waals surface area contributed by atoms with Crippen LogP contribution in [0.5, 0.6) is 11.5 Å². The molecule has 1 amide bonds. The van der Waals surface area contributed by atoms with Crippen molar-refractivity contribution in [3.63, 3.8) is 0 Å². The smallest absolute Gasteiger partial charge is 0.339 e. The van der Waals surface area contributed by atoms with E-state index < -0.39 is 10.1 Å². The molecule has 1 fully saturated rings. The highest BCUT2D eigenvalue weighted by Gasteiger charge is 2.25. The molecule has 0 atom stereocenters. The fourth-order valence-corrected chi connectivity index (χ4v) is 6.38. The molecule has 0 spiro atoms. The number of carbonyl (C=O) groups is 1. The molecule has 1 saturated heterocycles. The SMILES string of the molecule is CCOc1cc(/C=C2/SC(=Nc3cccc(I)c3)NC2=O)cc(I)c1OS(=O)(=O)c1ccc(C)cc1. The fraction of sp³-hybridized carbons (Fsp3) is 0.120. The summed E-state index contributed by atoms with van der Waals surface area (Å²) >= 11 is 5.44. The fourth-order valence-electron chi connectivity index (χ4n) is 3.17. The molecule has 1 N–H and O–H groups in total. The van der Waals surface area contributed by atoms with E-state index in [4.69, 9.17) is 8.92 Å². The van der Waals surface area contributed by atoms with Crippen LogP contribution < -0.4 is 14.2 Å². The average Bonchev–Trinajstić information content (AvgIpc) is 3.15. The third-order valence-electron chi connectivity index (χ3n) is 4.82. The molecule has 1 aliphatic rings.